The minimum atomic E-state index is 0.138. The van der Waals surface area contributed by atoms with Gasteiger partial charge in [0, 0.05) is 35.2 Å². The number of fused-ring (bicyclic) bond motifs is 2. The number of hydrogen-bond acceptors (Lipinski definition) is 5. The van der Waals surface area contributed by atoms with Gasteiger partial charge in [-0.3, -0.25) is 9.78 Å². The molecule has 4 aromatic rings. The first-order chi connectivity index (χ1) is 21.1. The van der Waals surface area contributed by atoms with Crippen molar-refractivity contribution in [3.8, 4) is 22.6 Å². The van der Waals surface area contributed by atoms with Gasteiger partial charge in [-0.2, -0.15) is 0 Å². The summed E-state index contributed by atoms with van der Waals surface area (Å²) in [4.78, 5) is 24.1. The maximum atomic E-state index is 14.4. The molecule has 3 aromatic carbocycles. The van der Waals surface area contributed by atoms with Crippen molar-refractivity contribution in [2.45, 2.75) is 57.4 Å². The molecular formula is C36H38ClN3O3. The Morgan fingerprint density at radius 1 is 0.837 bits per heavy atom. The number of hydrogen-bond donors (Lipinski definition) is 0. The number of amides is 1. The number of aryl methyl sites for hydroxylation is 2. The summed E-state index contributed by atoms with van der Waals surface area (Å²) in [6, 6.07) is 22.7. The fraction of sp³-hybridized carbons (Fsp3) is 0.389. The molecule has 3 aliphatic heterocycles. The van der Waals surface area contributed by atoms with Gasteiger partial charge >= 0.3 is 0 Å². The topological polar surface area (TPSA) is 54.9 Å². The Morgan fingerprint density at radius 3 is 2.47 bits per heavy atom. The summed E-state index contributed by atoms with van der Waals surface area (Å²) in [5.74, 6) is 1.66. The predicted molar refractivity (Wildman–Crippen MR) is 171 cm³/mol. The number of benzene rings is 3. The van der Waals surface area contributed by atoms with E-state index in [1.54, 1.807) is 0 Å². The van der Waals surface area contributed by atoms with Gasteiger partial charge in [0.2, 0.25) is 6.79 Å². The largest absolute Gasteiger partial charge is 0.454 e. The number of rotatable bonds is 9. The zero-order valence-corrected chi connectivity index (χ0v) is 25.3. The van der Waals surface area contributed by atoms with E-state index in [9.17, 15) is 4.79 Å². The summed E-state index contributed by atoms with van der Waals surface area (Å²) in [7, 11) is 0. The SMILES string of the molecule is O=C(c1cc(CCCCc2ccc(Cl)cc2)nc2ccc(-c3ccc4c(c3)OCO4)cc12)N1CCC[C@H]1CN1CCCC1. The van der Waals surface area contributed by atoms with E-state index >= 15 is 0 Å². The summed E-state index contributed by atoms with van der Waals surface area (Å²) in [6.07, 6.45) is 8.56. The lowest BCUT2D eigenvalue weighted by Gasteiger charge is -2.29. The minimum Gasteiger partial charge on any atom is -0.454 e. The average molecular weight is 596 g/mol. The lowest BCUT2D eigenvalue weighted by Crippen LogP contribution is -2.42. The molecule has 0 aliphatic carbocycles. The first kappa shape index (κ1) is 28.2. The molecule has 1 aromatic heterocycles. The third-order valence-electron chi connectivity index (χ3n) is 9.17. The number of unbranched alkanes of at least 4 members (excludes halogenated alkanes) is 1. The molecule has 6 nitrogen and oxygen atoms in total. The number of halogens is 1. The van der Waals surface area contributed by atoms with Crippen LogP contribution in [0.1, 0.15) is 60.1 Å². The number of aromatic nitrogens is 1. The molecule has 7 rings (SSSR count). The lowest BCUT2D eigenvalue weighted by molar-refractivity contribution is 0.0710. The van der Waals surface area contributed by atoms with E-state index in [0.29, 0.717) is 0 Å². The Bertz CT molecular complexity index is 1620. The van der Waals surface area contributed by atoms with Crippen LogP contribution >= 0.6 is 11.6 Å². The van der Waals surface area contributed by atoms with Crippen LogP contribution < -0.4 is 9.47 Å². The molecule has 0 N–H and O–H groups in total. The van der Waals surface area contributed by atoms with Crippen LogP contribution in [0.2, 0.25) is 5.02 Å². The van der Waals surface area contributed by atoms with E-state index < -0.39 is 0 Å². The normalized spacial score (nSPS) is 18.2. The molecule has 7 heteroatoms. The Kier molecular flexibility index (Phi) is 8.23. The Hall–Kier alpha value is -3.61. The average Bonchev–Trinajstić information content (AvgIpc) is 3.82. The third-order valence-corrected chi connectivity index (χ3v) is 9.42. The van der Waals surface area contributed by atoms with E-state index in [0.717, 1.165) is 115 Å². The first-order valence-electron chi connectivity index (χ1n) is 15.7. The van der Waals surface area contributed by atoms with Crippen molar-refractivity contribution in [3.05, 3.63) is 88.6 Å². The van der Waals surface area contributed by atoms with Crippen molar-refractivity contribution >= 4 is 28.4 Å². The molecule has 0 spiro atoms. The zero-order valence-electron chi connectivity index (χ0n) is 24.6. The summed E-state index contributed by atoms with van der Waals surface area (Å²) < 4.78 is 11.2. The number of pyridine rings is 1. The van der Waals surface area contributed by atoms with Gasteiger partial charge in [0.15, 0.2) is 11.5 Å². The summed E-state index contributed by atoms with van der Waals surface area (Å²) in [6.45, 7) is 4.34. The summed E-state index contributed by atoms with van der Waals surface area (Å²) in [5, 5.41) is 1.68. The summed E-state index contributed by atoms with van der Waals surface area (Å²) >= 11 is 6.05. The molecule has 1 amide bonds. The van der Waals surface area contributed by atoms with Gasteiger partial charge in [-0.05, 0) is 124 Å². The highest BCUT2D eigenvalue weighted by molar-refractivity contribution is 6.30. The number of likely N-dealkylation sites (tertiary alicyclic amines) is 2. The molecule has 0 bridgehead atoms. The second-order valence-corrected chi connectivity index (χ2v) is 12.5. The van der Waals surface area contributed by atoms with Gasteiger partial charge < -0.3 is 19.3 Å². The van der Waals surface area contributed by atoms with Crippen LogP contribution in [0.15, 0.2) is 66.7 Å². The lowest BCUT2D eigenvalue weighted by atomic mass is 9.98. The number of ether oxygens (including phenoxy) is 2. The molecule has 0 saturated carbocycles. The molecule has 43 heavy (non-hydrogen) atoms. The highest BCUT2D eigenvalue weighted by Crippen LogP contribution is 2.37. The molecular weight excluding hydrogens is 558 g/mol. The zero-order chi connectivity index (χ0) is 29.2. The van der Waals surface area contributed by atoms with Crippen molar-refractivity contribution in [2.75, 3.05) is 33.0 Å². The Morgan fingerprint density at radius 2 is 1.60 bits per heavy atom. The molecule has 1 atom stereocenters. The van der Waals surface area contributed by atoms with E-state index in [1.807, 2.05) is 30.3 Å². The van der Waals surface area contributed by atoms with Gasteiger partial charge in [-0.25, -0.2) is 0 Å². The van der Waals surface area contributed by atoms with Crippen LogP contribution in [0.4, 0.5) is 0 Å². The first-order valence-corrected chi connectivity index (χ1v) is 16.1. The van der Waals surface area contributed by atoms with Crippen molar-refractivity contribution in [1.29, 1.82) is 0 Å². The predicted octanol–water partition coefficient (Wildman–Crippen LogP) is 7.55. The Balaban J connectivity index is 1.17. The van der Waals surface area contributed by atoms with Gasteiger partial charge in [0.25, 0.3) is 5.91 Å². The molecule has 0 unspecified atom stereocenters. The molecule has 2 saturated heterocycles. The number of carbonyl (C=O) groups excluding carboxylic acids is 1. The maximum absolute atomic E-state index is 14.4. The number of nitrogens with zero attached hydrogens (tertiary/aromatic N) is 3. The number of carbonyl (C=O) groups is 1. The van der Waals surface area contributed by atoms with Crippen molar-refractivity contribution in [1.82, 2.24) is 14.8 Å². The highest BCUT2D eigenvalue weighted by Gasteiger charge is 2.32. The molecule has 222 valence electrons. The minimum absolute atomic E-state index is 0.138. The highest BCUT2D eigenvalue weighted by atomic mass is 35.5. The third kappa shape index (κ3) is 6.22. The fourth-order valence-electron chi connectivity index (χ4n) is 6.84. The monoisotopic (exact) mass is 595 g/mol. The molecule has 0 radical (unpaired) electrons. The molecule has 4 heterocycles. The van der Waals surface area contributed by atoms with E-state index in [4.69, 9.17) is 26.1 Å². The van der Waals surface area contributed by atoms with Crippen LogP contribution in [0.25, 0.3) is 22.0 Å². The van der Waals surface area contributed by atoms with Crippen LogP contribution in [-0.2, 0) is 12.8 Å². The van der Waals surface area contributed by atoms with Crippen molar-refractivity contribution < 1.29 is 14.3 Å². The van der Waals surface area contributed by atoms with Crippen LogP contribution in [0.5, 0.6) is 11.5 Å². The van der Waals surface area contributed by atoms with E-state index in [-0.39, 0.29) is 18.7 Å². The van der Waals surface area contributed by atoms with Gasteiger partial charge in [-0.1, -0.05) is 35.9 Å². The summed E-state index contributed by atoms with van der Waals surface area (Å²) in [5.41, 5.74) is 5.99. The van der Waals surface area contributed by atoms with Crippen LogP contribution in [0, 0.1) is 0 Å². The standard InChI is InChI=1S/C36H38ClN3O3/c37-28-13-9-25(10-14-28)6-1-2-7-29-22-32(36(41)40-19-5-8-30(40)23-39-17-3-4-18-39)31-20-26(11-15-33(31)38-29)27-12-16-34-35(21-27)43-24-42-34/h9-16,20-22,30H,1-8,17-19,23-24H2/t30-/m0/s1. The quantitative estimate of drug-likeness (QED) is 0.187. The smallest absolute Gasteiger partial charge is 0.254 e. The van der Waals surface area contributed by atoms with Crippen molar-refractivity contribution in [3.63, 3.8) is 0 Å². The second kappa shape index (κ2) is 12.6. The van der Waals surface area contributed by atoms with Crippen molar-refractivity contribution in [2.24, 2.45) is 0 Å². The second-order valence-electron chi connectivity index (χ2n) is 12.1. The van der Waals surface area contributed by atoms with E-state index in [1.165, 1.54) is 18.4 Å². The van der Waals surface area contributed by atoms with Crippen LogP contribution in [0.3, 0.4) is 0 Å². The molecule has 3 aliphatic rings. The molecule has 2 fully saturated rings. The van der Waals surface area contributed by atoms with Gasteiger partial charge in [0.1, 0.15) is 0 Å². The maximum Gasteiger partial charge on any atom is 0.254 e. The fourth-order valence-corrected chi connectivity index (χ4v) is 6.96. The van der Waals surface area contributed by atoms with Gasteiger partial charge in [-0.15, -0.1) is 0 Å². The van der Waals surface area contributed by atoms with Crippen LogP contribution in [-0.4, -0.2) is 59.7 Å². The van der Waals surface area contributed by atoms with E-state index in [2.05, 4.69) is 46.2 Å². The Labute approximate surface area is 258 Å². The van der Waals surface area contributed by atoms with Gasteiger partial charge in [0.05, 0.1) is 11.1 Å².